The number of hydrogen-bond acceptors (Lipinski definition) is 1. The lowest BCUT2D eigenvalue weighted by atomic mass is 9.82. The Morgan fingerprint density at radius 3 is 1.51 bits per heavy atom. The van der Waals surface area contributed by atoms with Crippen LogP contribution in [0, 0.1) is 0 Å². The van der Waals surface area contributed by atoms with Crippen LogP contribution >= 0.6 is 11.3 Å². The molecule has 11 aromatic rings. The Morgan fingerprint density at radius 2 is 0.755 bits per heavy atom. The molecule has 0 aliphatic rings. The lowest BCUT2D eigenvalue weighted by molar-refractivity contribution is 1.63. The summed E-state index contributed by atoms with van der Waals surface area (Å²) in [5.41, 5.74) is 10.0. The molecule has 0 unspecified atom stereocenters. The first-order chi connectivity index (χ1) is 26.3. The Morgan fingerprint density at radius 1 is 0.264 bits per heavy atom. The zero-order valence-corrected chi connectivity index (χ0v) is 29.7. The SMILES string of the molecule is c1ccc2c(-c3ccc(-c4c5ccccc5c(-c5cccc6ccccc56)c5cccc(-c6ccc7sc8ccccc8c7c6)c45)cc3)cccc2c1. The van der Waals surface area contributed by atoms with Crippen molar-refractivity contribution in [2.75, 3.05) is 0 Å². The smallest absolute Gasteiger partial charge is 0.0355 e. The molecular formula is C52H32S. The Bertz CT molecular complexity index is 3210. The lowest BCUT2D eigenvalue weighted by Crippen LogP contribution is -1.94. The van der Waals surface area contributed by atoms with Gasteiger partial charge in [0.05, 0.1) is 0 Å². The van der Waals surface area contributed by atoms with Gasteiger partial charge in [-0.05, 0) is 106 Å². The highest BCUT2D eigenvalue weighted by atomic mass is 32.1. The molecule has 1 aromatic heterocycles. The van der Waals surface area contributed by atoms with Gasteiger partial charge in [0.25, 0.3) is 0 Å². The van der Waals surface area contributed by atoms with Gasteiger partial charge in [-0.25, -0.2) is 0 Å². The molecule has 53 heavy (non-hydrogen) atoms. The minimum Gasteiger partial charge on any atom is -0.135 e. The molecule has 0 radical (unpaired) electrons. The molecule has 0 bridgehead atoms. The molecule has 0 aliphatic carbocycles. The van der Waals surface area contributed by atoms with E-state index in [4.69, 9.17) is 0 Å². The molecule has 0 atom stereocenters. The molecule has 0 amide bonds. The van der Waals surface area contributed by atoms with Gasteiger partial charge in [0.15, 0.2) is 0 Å². The average molecular weight is 689 g/mol. The van der Waals surface area contributed by atoms with Crippen molar-refractivity contribution in [3.05, 3.63) is 194 Å². The van der Waals surface area contributed by atoms with E-state index in [-0.39, 0.29) is 0 Å². The highest BCUT2D eigenvalue weighted by Gasteiger charge is 2.21. The molecule has 0 nitrogen and oxygen atoms in total. The van der Waals surface area contributed by atoms with Crippen LogP contribution in [-0.2, 0) is 0 Å². The zero-order chi connectivity index (χ0) is 34.9. The Hall–Kier alpha value is -6.54. The maximum Gasteiger partial charge on any atom is 0.0355 e. The minimum absolute atomic E-state index is 1.22. The van der Waals surface area contributed by atoms with Crippen LogP contribution in [0.1, 0.15) is 0 Å². The number of fused-ring (bicyclic) bond motifs is 7. The summed E-state index contributed by atoms with van der Waals surface area (Å²) in [4.78, 5) is 0. The maximum absolute atomic E-state index is 2.42. The van der Waals surface area contributed by atoms with E-state index in [2.05, 4.69) is 194 Å². The second-order valence-electron chi connectivity index (χ2n) is 14.0. The van der Waals surface area contributed by atoms with Gasteiger partial charge in [-0.2, -0.15) is 0 Å². The number of benzene rings is 10. The monoisotopic (exact) mass is 688 g/mol. The molecule has 10 aromatic carbocycles. The summed E-state index contributed by atoms with van der Waals surface area (Å²) in [5, 5.41) is 12.8. The van der Waals surface area contributed by atoms with Crippen LogP contribution in [0.25, 0.3) is 108 Å². The standard InChI is InChI=1S/C52H32S/c1-3-16-38-33(12-1)14-9-21-39(38)35-26-28-36(29-27-35)50-44-19-5-6-20-45(44)51(43-23-10-15-34-13-2-4-17-40(34)43)46-24-11-22-41(52(46)50)37-30-31-49-47(32-37)42-18-7-8-25-48(42)53-49/h1-32H. The van der Waals surface area contributed by atoms with Crippen molar-refractivity contribution in [1.29, 1.82) is 0 Å². The molecule has 0 spiro atoms. The lowest BCUT2D eigenvalue weighted by Gasteiger charge is -2.21. The highest BCUT2D eigenvalue weighted by Crippen LogP contribution is 2.49. The summed E-state index contributed by atoms with van der Waals surface area (Å²) in [6.07, 6.45) is 0. The van der Waals surface area contributed by atoms with Crippen LogP contribution < -0.4 is 0 Å². The largest absolute Gasteiger partial charge is 0.135 e. The number of thiophene rings is 1. The predicted molar refractivity (Wildman–Crippen MR) is 231 cm³/mol. The molecular weight excluding hydrogens is 657 g/mol. The molecule has 1 heterocycles. The molecule has 11 rings (SSSR count). The Balaban J connectivity index is 1.24. The van der Waals surface area contributed by atoms with Crippen molar-refractivity contribution in [2.24, 2.45) is 0 Å². The molecule has 246 valence electrons. The number of rotatable bonds is 4. The van der Waals surface area contributed by atoms with Crippen LogP contribution in [0.5, 0.6) is 0 Å². The van der Waals surface area contributed by atoms with Crippen molar-refractivity contribution >= 4 is 74.6 Å². The van der Waals surface area contributed by atoms with Crippen molar-refractivity contribution < 1.29 is 0 Å². The third-order valence-corrected chi connectivity index (χ3v) is 12.2. The van der Waals surface area contributed by atoms with Gasteiger partial charge in [-0.15, -0.1) is 11.3 Å². The predicted octanol–water partition coefficient (Wildman–Crippen LogP) is 15.3. The van der Waals surface area contributed by atoms with Crippen LogP contribution in [0.3, 0.4) is 0 Å². The third-order valence-electron chi connectivity index (χ3n) is 11.1. The first kappa shape index (κ1) is 30.1. The van der Waals surface area contributed by atoms with Gasteiger partial charge in [0, 0.05) is 20.2 Å². The fraction of sp³-hybridized carbons (Fsp3) is 0. The summed E-state index contributed by atoms with van der Waals surface area (Å²) >= 11 is 1.87. The average Bonchev–Trinajstić information content (AvgIpc) is 3.60. The highest BCUT2D eigenvalue weighted by molar-refractivity contribution is 7.25. The van der Waals surface area contributed by atoms with E-state index in [1.54, 1.807) is 0 Å². The number of hydrogen-bond donors (Lipinski definition) is 0. The van der Waals surface area contributed by atoms with Crippen molar-refractivity contribution in [1.82, 2.24) is 0 Å². The molecule has 0 aliphatic heterocycles. The second-order valence-corrected chi connectivity index (χ2v) is 15.0. The molecule has 1 heteroatoms. The first-order valence-corrected chi connectivity index (χ1v) is 19.1. The summed E-state index contributed by atoms with van der Waals surface area (Å²) in [5.74, 6) is 0. The molecule has 0 saturated heterocycles. The van der Waals surface area contributed by atoms with Gasteiger partial charge < -0.3 is 0 Å². The van der Waals surface area contributed by atoms with Crippen molar-refractivity contribution in [3.8, 4) is 44.5 Å². The van der Waals surface area contributed by atoms with Gasteiger partial charge in [-0.3, -0.25) is 0 Å². The van der Waals surface area contributed by atoms with E-state index in [0.29, 0.717) is 0 Å². The van der Waals surface area contributed by atoms with Crippen molar-refractivity contribution in [2.45, 2.75) is 0 Å². The summed E-state index contributed by atoms with van der Waals surface area (Å²) < 4.78 is 2.65. The summed E-state index contributed by atoms with van der Waals surface area (Å²) in [6, 6.07) is 71.9. The van der Waals surface area contributed by atoms with Crippen LogP contribution in [0.15, 0.2) is 194 Å². The van der Waals surface area contributed by atoms with Crippen LogP contribution in [0.2, 0.25) is 0 Å². The first-order valence-electron chi connectivity index (χ1n) is 18.3. The fourth-order valence-electron chi connectivity index (χ4n) is 8.69. The molecule has 0 N–H and O–H groups in total. The van der Waals surface area contributed by atoms with E-state index in [9.17, 15) is 0 Å². The fourth-order valence-corrected chi connectivity index (χ4v) is 9.78. The maximum atomic E-state index is 2.42. The summed E-state index contributed by atoms with van der Waals surface area (Å²) in [6.45, 7) is 0. The van der Waals surface area contributed by atoms with Gasteiger partial charge >= 0.3 is 0 Å². The van der Waals surface area contributed by atoms with Gasteiger partial charge in [-0.1, -0.05) is 176 Å². The normalized spacial score (nSPS) is 11.8. The Kier molecular flexibility index (Phi) is 6.83. The van der Waals surface area contributed by atoms with E-state index in [0.717, 1.165) is 0 Å². The van der Waals surface area contributed by atoms with Crippen LogP contribution in [0.4, 0.5) is 0 Å². The quantitative estimate of drug-likeness (QED) is 0.162. The van der Waals surface area contributed by atoms with Gasteiger partial charge in [0.2, 0.25) is 0 Å². The minimum atomic E-state index is 1.22. The summed E-state index contributed by atoms with van der Waals surface area (Å²) in [7, 11) is 0. The van der Waals surface area contributed by atoms with E-state index in [1.165, 1.54) is 108 Å². The van der Waals surface area contributed by atoms with E-state index >= 15 is 0 Å². The van der Waals surface area contributed by atoms with Crippen molar-refractivity contribution in [3.63, 3.8) is 0 Å². The Labute approximate surface area is 311 Å². The zero-order valence-electron chi connectivity index (χ0n) is 28.9. The second kappa shape index (κ2) is 12.0. The molecule has 0 saturated carbocycles. The molecule has 0 fully saturated rings. The van der Waals surface area contributed by atoms with Crippen LogP contribution in [-0.4, -0.2) is 0 Å². The van der Waals surface area contributed by atoms with E-state index < -0.39 is 0 Å². The third kappa shape index (κ3) is 4.75. The topological polar surface area (TPSA) is 0 Å². The van der Waals surface area contributed by atoms with E-state index in [1.807, 2.05) is 11.3 Å². The van der Waals surface area contributed by atoms with Gasteiger partial charge in [0.1, 0.15) is 0 Å².